The molecule has 1 amide bonds. The molecule has 2 aromatic carbocycles. The first kappa shape index (κ1) is 23.7. The molecule has 3 aromatic rings. The minimum atomic E-state index is -3.81. The molecule has 0 saturated carbocycles. The molecular weight excluding hydrogens is 464 g/mol. The van der Waals surface area contributed by atoms with Crippen molar-refractivity contribution < 1.29 is 17.7 Å². The number of aromatic nitrogens is 2. The lowest BCUT2D eigenvalue weighted by molar-refractivity contribution is 0.0711. The fourth-order valence-electron chi connectivity index (χ4n) is 4.99. The van der Waals surface area contributed by atoms with E-state index < -0.39 is 10.0 Å². The Labute approximate surface area is 205 Å². The van der Waals surface area contributed by atoms with E-state index in [0.29, 0.717) is 24.2 Å². The molecule has 8 nitrogen and oxygen atoms in total. The van der Waals surface area contributed by atoms with Crippen LogP contribution in [0, 0.1) is 6.92 Å². The molecule has 1 fully saturated rings. The van der Waals surface area contributed by atoms with Crippen LogP contribution in [-0.4, -0.2) is 42.5 Å². The summed E-state index contributed by atoms with van der Waals surface area (Å²) in [5.41, 5.74) is 3.32. The van der Waals surface area contributed by atoms with Gasteiger partial charge >= 0.3 is 11.8 Å². The summed E-state index contributed by atoms with van der Waals surface area (Å²) < 4.78 is 35.0. The summed E-state index contributed by atoms with van der Waals surface area (Å²) in [6.07, 6.45) is 6.79. The van der Waals surface area contributed by atoms with Gasteiger partial charge in [0.25, 0.3) is 0 Å². The van der Waals surface area contributed by atoms with Gasteiger partial charge in [-0.3, -0.25) is 4.79 Å². The third kappa shape index (κ3) is 5.01. The molecule has 2 aliphatic rings. The highest BCUT2D eigenvalue weighted by Gasteiger charge is 2.28. The number of likely N-dealkylation sites (tertiary alicyclic amines) is 1. The number of amides is 1. The van der Waals surface area contributed by atoms with Gasteiger partial charge in [-0.05, 0) is 61.8 Å². The number of hydrogen-bond donors (Lipinski definition) is 1. The molecular formula is C26H30N4O4S. The number of carbonyl (C=O) groups is 1. The van der Waals surface area contributed by atoms with E-state index in [1.54, 1.807) is 30.0 Å². The van der Waals surface area contributed by atoms with Crippen LogP contribution in [0.5, 0.6) is 0 Å². The quantitative estimate of drug-likeness (QED) is 0.563. The lowest BCUT2D eigenvalue weighted by atomic mass is 9.88. The topological polar surface area (TPSA) is 105 Å². The Morgan fingerprint density at radius 3 is 2.63 bits per heavy atom. The monoisotopic (exact) mass is 494 g/mol. The van der Waals surface area contributed by atoms with Gasteiger partial charge in [0, 0.05) is 24.7 Å². The van der Waals surface area contributed by atoms with E-state index in [2.05, 4.69) is 20.9 Å². The lowest BCUT2D eigenvalue weighted by Gasteiger charge is -2.26. The second-order valence-corrected chi connectivity index (χ2v) is 11.1. The van der Waals surface area contributed by atoms with Crippen LogP contribution < -0.4 is 4.72 Å². The van der Waals surface area contributed by atoms with E-state index in [0.717, 1.165) is 50.5 Å². The molecule has 5 rings (SSSR count). The molecule has 0 unspecified atom stereocenters. The molecule has 2 heterocycles. The van der Waals surface area contributed by atoms with Crippen LogP contribution >= 0.6 is 0 Å². The lowest BCUT2D eigenvalue weighted by Crippen LogP contribution is -2.32. The SMILES string of the molecule is Cc1ccc(-c2noc(C(=O)N3CCCCCC3)n2)cc1S(=O)(=O)N[C@H]1CCCc2ccccc21. The van der Waals surface area contributed by atoms with E-state index in [1.165, 1.54) is 5.56 Å². The maximum Gasteiger partial charge on any atom is 0.316 e. The van der Waals surface area contributed by atoms with E-state index in [-0.39, 0.29) is 28.6 Å². The van der Waals surface area contributed by atoms with Crippen LogP contribution in [0.1, 0.15) is 71.9 Å². The van der Waals surface area contributed by atoms with Crippen molar-refractivity contribution in [3.8, 4) is 11.4 Å². The number of hydrogen-bond acceptors (Lipinski definition) is 6. The highest BCUT2D eigenvalue weighted by Crippen LogP contribution is 2.32. The molecule has 1 aromatic heterocycles. The van der Waals surface area contributed by atoms with E-state index in [1.807, 2.05) is 18.2 Å². The average Bonchev–Trinajstić information content (AvgIpc) is 3.19. The smallest absolute Gasteiger partial charge is 0.316 e. The molecule has 0 bridgehead atoms. The molecule has 35 heavy (non-hydrogen) atoms. The summed E-state index contributed by atoms with van der Waals surface area (Å²) in [5.74, 6) is -0.144. The number of nitrogens with one attached hydrogen (secondary N) is 1. The number of carbonyl (C=O) groups excluding carboxylic acids is 1. The third-order valence-electron chi connectivity index (χ3n) is 6.90. The normalized spacial score (nSPS) is 18.7. The first-order valence-electron chi connectivity index (χ1n) is 12.3. The summed E-state index contributed by atoms with van der Waals surface area (Å²) in [6, 6.07) is 12.7. The van der Waals surface area contributed by atoms with Gasteiger partial charge in [0.15, 0.2) is 0 Å². The van der Waals surface area contributed by atoms with Crippen LogP contribution in [0.2, 0.25) is 0 Å². The van der Waals surface area contributed by atoms with Crippen molar-refractivity contribution in [1.29, 1.82) is 0 Å². The minimum Gasteiger partial charge on any atom is -0.334 e. The van der Waals surface area contributed by atoms with Gasteiger partial charge in [-0.2, -0.15) is 4.98 Å². The molecule has 1 atom stereocenters. The van der Waals surface area contributed by atoms with Crippen LogP contribution in [-0.2, 0) is 16.4 Å². The first-order chi connectivity index (χ1) is 16.9. The number of nitrogens with zero attached hydrogens (tertiary/aromatic N) is 3. The first-order valence-corrected chi connectivity index (χ1v) is 13.7. The zero-order chi connectivity index (χ0) is 24.4. The predicted molar refractivity (Wildman–Crippen MR) is 131 cm³/mol. The van der Waals surface area contributed by atoms with Crippen molar-refractivity contribution in [3.05, 3.63) is 65.0 Å². The second kappa shape index (κ2) is 9.91. The summed E-state index contributed by atoms with van der Waals surface area (Å²) in [6.45, 7) is 3.12. The van der Waals surface area contributed by atoms with Crippen molar-refractivity contribution in [1.82, 2.24) is 19.8 Å². The standard InChI is InChI=1S/C26H30N4O4S/c1-18-13-14-20(24-27-25(34-28-24)26(31)30-15-6-2-3-7-16-30)17-23(18)35(32,33)29-22-12-8-10-19-9-4-5-11-21(19)22/h4-5,9,11,13-14,17,22,29H,2-3,6-8,10,12,15-16H2,1H3/t22-/m0/s1. The Kier molecular flexibility index (Phi) is 6.71. The Hall–Kier alpha value is -3.04. The summed E-state index contributed by atoms with van der Waals surface area (Å²) in [5, 5.41) is 3.98. The van der Waals surface area contributed by atoms with Crippen molar-refractivity contribution in [2.24, 2.45) is 0 Å². The van der Waals surface area contributed by atoms with Crippen LogP contribution in [0.25, 0.3) is 11.4 Å². The highest BCUT2D eigenvalue weighted by molar-refractivity contribution is 7.89. The zero-order valence-electron chi connectivity index (χ0n) is 19.9. The Morgan fingerprint density at radius 2 is 1.83 bits per heavy atom. The number of aryl methyl sites for hydroxylation is 2. The molecule has 0 radical (unpaired) electrons. The summed E-state index contributed by atoms with van der Waals surface area (Å²) in [7, 11) is -3.81. The van der Waals surface area contributed by atoms with Gasteiger partial charge in [0.05, 0.1) is 4.90 Å². The van der Waals surface area contributed by atoms with Crippen molar-refractivity contribution in [3.63, 3.8) is 0 Å². The molecule has 1 saturated heterocycles. The van der Waals surface area contributed by atoms with Gasteiger partial charge in [-0.1, -0.05) is 54.4 Å². The molecule has 184 valence electrons. The van der Waals surface area contributed by atoms with Crippen LogP contribution in [0.3, 0.4) is 0 Å². The number of fused-ring (bicyclic) bond motifs is 1. The number of benzene rings is 2. The second-order valence-electron chi connectivity index (χ2n) is 9.37. The van der Waals surface area contributed by atoms with Gasteiger partial charge in [0.2, 0.25) is 15.8 Å². The Balaban J connectivity index is 1.39. The molecule has 1 aliphatic carbocycles. The van der Waals surface area contributed by atoms with Crippen molar-refractivity contribution in [2.75, 3.05) is 13.1 Å². The minimum absolute atomic E-state index is 0.0659. The molecule has 9 heteroatoms. The van der Waals surface area contributed by atoms with Crippen molar-refractivity contribution in [2.45, 2.75) is 62.8 Å². The van der Waals surface area contributed by atoms with Gasteiger partial charge in [0.1, 0.15) is 0 Å². The van der Waals surface area contributed by atoms with Gasteiger partial charge in [-0.25, -0.2) is 13.1 Å². The fraction of sp³-hybridized carbons (Fsp3) is 0.423. The largest absolute Gasteiger partial charge is 0.334 e. The number of rotatable bonds is 5. The maximum absolute atomic E-state index is 13.4. The third-order valence-corrected chi connectivity index (χ3v) is 8.52. The predicted octanol–water partition coefficient (Wildman–Crippen LogP) is 4.42. The average molecular weight is 495 g/mol. The van der Waals surface area contributed by atoms with E-state index in [4.69, 9.17) is 4.52 Å². The number of sulfonamides is 1. The van der Waals surface area contributed by atoms with Crippen LogP contribution in [0.4, 0.5) is 0 Å². The summed E-state index contributed by atoms with van der Waals surface area (Å²) >= 11 is 0. The van der Waals surface area contributed by atoms with Crippen molar-refractivity contribution >= 4 is 15.9 Å². The zero-order valence-corrected chi connectivity index (χ0v) is 20.7. The Bertz CT molecular complexity index is 1330. The van der Waals surface area contributed by atoms with E-state index >= 15 is 0 Å². The van der Waals surface area contributed by atoms with E-state index in [9.17, 15) is 13.2 Å². The van der Waals surface area contributed by atoms with Crippen LogP contribution in [0.15, 0.2) is 51.9 Å². The Morgan fingerprint density at radius 1 is 1.06 bits per heavy atom. The fourth-order valence-corrected chi connectivity index (χ4v) is 6.51. The summed E-state index contributed by atoms with van der Waals surface area (Å²) in [4.78, 5) is 19.0. The van der Waals surface area contributed by atoms with Gasteiger partial charge in [-0.15, -0.1) is 0 Å². The molecule has 1 aliphatic heterocycles. The maximum atomic E-state index is 13.4. The molecule has 1 N–H and O–H groups in total. The highest BCUT2D eigenvalue weighted by atomic mass is 32.2. The molecule has 0 spiro atoms. The van der Waals surface area contributed by atoms with Gasteiger partial charge < -0.3 is 9.42 Å².